The number of fused-ring (bicyclic) bond motifs is 2. The second-order valence-corrected chi connectivity index (χ2v) is 19.4. The van der Waals surface area contributed by atoms with Crippen molar-refractivity contribution < 1.29 is 51.0 Å². The number of benzene rings is 3. The molecule has 0 radical (unpaired) electrons. The number of imide groups is 2. The van der Waals surface area contributed by atoms with Crippen molar-refractivity contribution in [3.63, 3.8) is 0 Å². The van der Waals surface area contributed by atoms with E-state index in [9.17, 15) is 38.0 Å². The fraction of sp³-hybridized carbons (Fsp3) is 0.490. The van der Waals surface area contributed by atoms with E-state index in [0.29, 0.717) is 27.9 Å². The molecule has 0 bridgehead atoms. The molecule has 374 valence electrons. The van der Waals surface area contributed by atoms with Gasteiger partial charge < -0.3 is 19.7 Å². The average molecular weight is 977 g/mol. The molecule has 0 saturated carbocycles. The Labute approximate surface area is 399 Å². The van der Waals surface area contributed by atoms with Gasteiger partial charge >= 0.3 is 17.5 Å². The Bertz CT molecular complexity index is 3020. The van der Waals surface area contributed by atoms with Gasteiger partial charge in [-0.05, 0) is 113 Å². The lowest BCUT2D eigenvalue weighted by Gasteiger charge is -2.39. The zero-order valence-corrected chi connectivity index (χ0v) is 39.8. The second kappa shape index (κ2) is 19.2. The maximum Gasteiger partial charge on any atom is 0.410 e. The van der Waals surface area contributed by atoms with Gasteiger partial charge in [-0.15, -0.1) is 0 Å². The number of piperidine rings is 4. The van der Waals surface area contributed by atoms with Crippen molar-refractivity contribution in [2.75, 3.05) is 33.3 Å². The van der Waals surface area contributed by atoms with Gasteiger partial charge in [0.2, 0.25) is 17.7 Å². The smallest absolute Gasteiger partial charge is 0.410 e. The molecule has 21 heteroatoms. The van der Waals surface area contributed by atoms with E-state index in [4.69, 9.17) is 9.47 Å². The molecule has 0 spiro atoms. The molecule has 4 aliphatic heterocycles. The number of rotatable bonds is 7. The number of carbonyl (C=O) groups is 5. The number of halogens is 4. The first kappa shape index (κ1) is 49.6. The fourth-order valence-electron chi connectivity index (χ4n) is 9.98. The molecule has 3 unspecified atom stereocenters. The number of hydrogen-bond acceptors (Lipinski definition) is 10. The molecular formula is C49H56F4N8O9. The van der Waals surface area contributed by atoms with E-state index in [-0.39, 0.29) is 85.1 Å². The highest BCUT2D eigenvalue weighted by molar-refractivity contribution is 6.01. The molecule has 17 nitrogen and oxygen atoms in total. The molecule has 70 heavy (non-hydrogen) atoms. The first-order valence-electron chi connectivity index (χ1n) is 23.3. The maximum atomic E-state index is 15.7. The number of aromatic nitrogens is 4. The summed E-state index contributed by atoms with van der Waals surface area (Å²) in [6, 6.07) is 10.3. The predicted molar refractivity (Wildman–Crippen MR) is 247 cm³/mol. The largest absolute Gasteiger partial charge is 0.497 e. The molecule has 9 rings (SSSR count). The van der Waals surface area contributed by atoms with Gasteiger partial charge in [-0.2, -0.15) is 0 Å². The number of nitrogens with one attached hydrogen (secondary N) is 2. The van der Waals surface area contributed by atoms with E-state index in [0.717, 1.165) is 46.4 Å². The van der Waals surface area contributed by atoms with Crippen molar-refractivity contribution in [2.45, 2.75) is 108 Å². The highest BCUT2D eigenvalue weighted by Crippen LogP contribution is 2.43. The number of likely N-dealkylation sites (tertiary alicyclic amines) is 2. The first-order valence-corrected chi connectivity index (χ1v) is 23.3. The van der Waals surface area contributed by atoms with Crippen molar-refractivity contribution >= 4 is 51.8 Å². The minimum Gasteiger partial charge on any atom is -0.497 e. The molecule has 5 amide bonds. The van der Waals surface area contributed by atoms with Crippen LogP contribution in [-0.2, 0) is 44.6 Å². The average Bonchev–Trinajstić information content (AvgIpc) is 3.69. The fourth-order valence-corrected chi connectivity index (χ4v) is 9.98. The Morgan fingerprint density at radius 3 is 1.90 bits per heavy atom. The van der Waals surface area contributed by atoms with Gasteiger partial charge in [0.1, 0.15) is 35.1 Å². The molecule has 2 aromatic heterocycles. The van der Waals surface area contributed by atoms with E-state index >= 15 is 13.2 Å². The molecular weight excluding hydrogens is 921 g/mol. The van der Waals surface area contributed by atoms with Crippen LogP contribution in [0.4, 0.5) is 22.4 Å². The lowest BCUT2D eigenvalue weighted by molar-refractivity contribution is -0.152. The number of amides is 5. The van der Waals surface area contributed by atoms with Crippen LogP contribution in [-0.4, -0.2) is 103 Å². The topological polar surface area (TPSA) is 188 Å². The van der Waals surface area contributed by atoms with Gasteiger partial charge in [0.25, 0.3) is 11.8 Å². The number of aryl methyl sites for hydroxylation is 2. The van der Waals surface area contributed by atoms with Crippen LogP contribution in [0.3, 0.4) is 0 Å². The van der Waals surface area contributed by atoms with Gasteiger partial charge in [-0.1, -0.05) is 12.1 Å². The zero-order chi connectivity index (χ0) is 50.6. The summed E-state index contributed by atoms with van der Waals surface area (Å²) < 4.78 is 76.8. The van der Waals surface area contributed by atoms with E-state index in [2.05, 4.69) is 10.6 Å². The minimum absolute atomic E-state index is 0.0155. The van der Waals surface area contributed by atoms with Crippen LogP contribution < -0.4 is 26.7 Å². The summed E-state index contributed by atoms with van der Waals surface area (Å²) in [4.78, 5) is 90.5. The lowest BCUT2D eigenvalue weighted by atomic mass is 9.85. The van der Waals surface area contributed by atoms with E-state index in [1.165, 1.54) is 40.0 Å². The van der Waals surface area contributed by atoms with Crippen LogP contribution in [0.1, 0.15) is 106 Å². The molecule has 5 aromatic rings. The highest BCUT2D eigenvalue weighted by atomic mass is 19.3. The van der Waals surface area contributed by atoms with Gasteiger partial charge in [0, 0.05) is 45.6 Å². The van der Waals surface area contributed by atoms with Crippen molar-refractivity contribution in [1.29, 1.82) is 0 Å². The number of alkyl halides is 2. The molecule has 3 atom stereocenters. The summed E-state index contributed by atoms with van der Waals surface area (Å²) in [5.74, 6) is -7.49. The Morgan fingerprint density at radius 2 is 1.33 bits per heavy atom. The number of nitrogens with zero attached hydrogens (tertiary/aromatic N) is 6. The lowest BCUT2D eigenvalue weighted by Crippen LogP contribution is -2.51. The van der Waals surface area contributed by atoms with Crippen LogP contribution in [0, 0.1) is 11.6 Å². The third kappa shape index (κ3) is 9.58. The van der Waals surface area contributed by atoms with Crippen LogP contribution in [0.25, 0.3) is 22.1 Å². The number of hydrogen-bond donors (Lipinski definition) is 2. The van der Waals surface area contributed by atoms with E-state index in [1.54, 1.807) is 58.2 Å². The van der Waals surface area contributed by atoms with Crippen LogP contribution in [0.2, 0.25) is 0 Å². The second-order valence-electron chi connectivity index (χ2n) is 19.4. The number of carbonyl (C=O) groups excluding carboxylic acids is 5. The predicted octanol–water partition coefficient (Wildman–Crippen LogP) is 5.66. The van der Waals surface area contributed by atoms with Gasteiger partial charge in [0.05, 0.1) is 48.2 Å². The zero-order valence-electron chi connectivity index (χ0n) is 39.8. The molecule has 6 heterocycles. The number of methoxy groups -OCH3 is 1. The molecule has 2 N–H and O–H groups in total. The quantitative estimate of drug-likeness (QED) is 0.152. The minimum atomic E-state index is -3.48. The van der Waals surface area contributed by atoms with Crippen LogP contribution in [0.5, 0.6) is 5.75 Å². The standard InChI is InChI=1S/C31H35F3N4O6.C18H21FN4O3/c1-30(2,3)44-29(42)36-13-12-21(31(33,34)17-36)20-14-24-25(15-22(20)32)38(28(41)35(24)4)23-10-11-26(39)37(27(23)40)16-18-6-8-19(43-5)9-7-18;1-22-14-8-11(10-4-6-20-7-5-10)12(19)9-15(14)23(18(22)26)13-2-3-16(24)21-17(13)25/h6-9,14-15,21,23H,10-13,16-17H2,1-5H3;8-10,13,20H,2-7H2,1H3,(H,21,24,25). The Kier molecular flexibility index (Phi) is 13.6. The number of ether oxygens (including phenoxy) is 2. The number of imidazole rings is 2. The third-order valence-corrected chi connectivity index (χ3v) is 13.6. The monoisotopic (exact) mass is 976 g/mol. The van der Waals surface area contributed by atoms with Crippen molar-refractivity contribution in [3.8, 4) is 5.75 Å². The molecule has 4 fully saturated rings. The van der Waals surface area contributed by atoms with Crippen molar-refractivity contribution in [2.24, 2.45) is 14.1 Å². The Morgan fingerprint density at radius 1 is 0.757 bits per heavy atom. The normalized spacial score (nSPS) is 21.2. The summed E-state index contributed by atoms with van der Waals surface area (Å²) in [6.45, 7) is 5.56. The van der Waals surface area contributed by atoms with Gasteiger partial charge in [-0.25, -0.2) is 31.9 Å². The summed E-state index contributed by atoms with van der Waals surface area (Å²) in [5, 5.41) is 5.52. The van der Waals surface area contributed by atoms with E-state index in [1.807, 2.05) is 0 Å². The van der Waals surface area contributed by atoms with Crippen LogP contribution >= 0.6 is 0 Å². The Hall–Kier alpha value is -6.77. The highest BCUT2D eigenvalue weighted by Gasteiger charge is 2.49. The molecule has 4 saturated heterocycles. The molecule has 0 aliphatic carbocycles. The SMILES string of the molecule is COc1ccc(CN2C(=O)CCC(n3c(=O)n(C)c4cc(C5CCN(C(=O)OC(C)(C)C)CC5(F)F)c(F)cc43)C2=O)cc1.Cn1c(=O)n(C2CCC(=O)NC2=O)c2cc(F)c(C3CCNCC3)cc21. The summed E-state index contributed by atoms with van der Waals surface area (Å²) in [5.41, 5.74) is 0.355. The molecule has 3 aromatic carbocycles. The van der Waals surface area contributed by atoms with Crippen LogP contribution in [0.15, 0.2) is 58.1 Å². The summed E-state index contributed by atoms with van der Waals surface area (Å²) >= 11 is 0. The summed E-state index contributed by atoms with van der Waals surface area (Å²) in [6.07, 6.45) is 1.01. The van der Waals surface area contributed by atoms with Gasteiger partial charge in [-0.3, -0.25) is 47.7 Å². The molecule has 4 aliphatic rings. The Balaban J connectivity index is 0.000000214. The van der Waals surface area contributed by atoms with Crippen molar-refractivity contribution in [1.82, 2.24) is 38.7 Å². The summed E-state index contributed by atoms with van der Waals surface area (Å²) in [7, 11) is 4.56. The first-order chi connectivity index (χ1) is 33.1. The maximum absolute atomic E-state index is 15.7. The van der Waals surface area contributed by atoms with Gasteiger partial charge in [0.15, 0.2) is 0 Å². The third-order valence-electron chi connectivity index (χ3n) is 13.6. The van der Waals surface area contributed by atoms with E-state index < -0.39 is 71.4 Å². The van der Waals surface area contributed by atoms with Crippen molar-refractivity contribution in [3.05, 3.63) is 97.8 Å².